The Bertz CT molecular complexity index is 361. The Morgan fingerprint density at radius 3 is 3.00 bits per heavy atom. The molecule has 19 heavy (non-hydrogen) atoms. The van der Waals surface area contributed by atoms with Crippen molar-refractivity contribution in [1.29, 1.82) is 0 Å². The van der Waals surface area contributed by atoms with Crippen LogP contribution in [0.15, 0.2) is 12.4 Å². The van der Waals surface area contributed by atoms with Crippen LogP contribution in [-0.4, -0.2) is 42.0 Å². The van der Waals surface area contributed by atoms with E-state index in [0.29, 0.717) is 12.7 Å². The zero-order valence-electron chi connectivity index (χ0n) is 12.0. The minimum atomic E-state index is 0.252. The molecule has 0 radical (unpaired) electrons. The number of rotatable bonds is 8. The fourth-order valence-corrected chi connectivity index (χ4v) is 2.51. The molecule has 1 aliphatic rings. The van der Waals surface area contributed by atoms with Crippen molar-refractivity contribution in [2.45, 2.75) is 51.3 Å². The predicted octanol–water partition coefficient (Wildman–Crippen LogP) is 2.29. The lowest BCUT2D eigenvalue weighted by molar-refractivity contribution is 0.0532. The van der Waals surface area contributed by atoms with Crippen LogP contribution in [0.5, 0.6) is 0 Å². The minimum Gasteiger partial charge on any atom is -0.383 e. The molecular formula is C14H25N3O2. The van der Waals surface area contributed by atoms with Crippen molar-refractivity contribution in [2.24, 2.45) is 0 Å². The van der Waals surface area contributed by atoms with E-state index in [1.807, 2.05) is 12.4 Å². The maximum atomic E-state index is 5.88. The molecule has 1 aliphatic carbocycles. The number of nitrogens with zero attached hydrogens (tertiary/aromatic N) is 2. The number of imidazole rings is 1. The van der Waals surface area contributed by atoms with Gasteiger partial charge in [0.15, 0.2) is 0 Å². The molecule has 1 fully saturated rings. The van der Waals surface area contributed by atoms with Crippen molar-refractivity contribution in [3.8, 4) is 0 Å². The molecule has 1 saturated carbocycles. The van der Waals surface area contributed by atoms with Gasteiger partial charge in [-0.1, -0.05) is 12.8 Å². The fourth-order valence-electron chi connectivity index (χ4n) is 2.51. The summed E-state index contributed by atoms with van der Waals surface area (Å²) in [5.74, 6) is 0.888. The molecule has 5 heteroatoms. The molecule has 1 atom stereocenters. The van der Waals surface area contributed by atoms with Gasteiger partial charge in [0.1, 0.15) is 0 Å². The first-order valence-electron chi connectivity index (χ1n) is 7.18. The third kappa shape index (κ3) is 4.51. The molecule has 0 amide bonds. The quantitative estimate of drug-likeness (QED) is 0.785. The average Bonchev–Trinajstić information content (AvgIpc) is 3.02. The molecule has 0 saturated heterocycles. The maximum Gasteiger partial charge on any atom is 0.203 e. The number of hydrogen-bond donors (Lipinski definition) is 1. The monoisotopic (exact) mass is 267 g/mol. The van der Waals surface area contributed by atoms with Crippen LogP contribution in [0.4, 0.5) is 5.95 Å². The van der Waals surface area contributed by atoms with E-state index in [9.17, 15) is 0 Å². The van der Waals surface area contributed by atoms with Crippen LogP contribution in [0, 0.1) is 0 Å². The topological polar surface area (TPSA) is 48.3 Å². The van der Waals surface area contributed by atoms with Gasteiger partial charge in [0.2, 0.25) is 5.95 Å². The highest BCUT2D eigenvalue weighted by atomic mass is 16.5. The minimum absolute atomic E-state index is 0.252. The summed E-state index contributed by atoms with van der Waals surface area (Å²) in [4.78, 5) is 4.33. The highest BCUT2D eigenvalue weighted by Crippen LogP contribution is 2.20. The second-order valence-corrected chi connectivity index (χ2v) is 5.22. The zero-order chi connectivity index (χ0) is 13.5. The zero-order valence-corrected chi connectivity index (χ0v) is 12.0. The molecule has 1 unspecified atom stereocenters. The third-order valence-corrected chi connectivity index (χ3v) is 3.50. The Labute approximate surface area is 115 Å². The van der Waals surface area contributed by atoms with Gasteiger partial charge in [0.25, 0.3) is 0 Å². The van der Waals surface area contributed by atoms with Crippen LogP contribution < -0.4 is 5.32 Å². The first-order chi connectivity index (χ1) is 9.29. The van der Waals surface area contributed by atoms with Crippen LogP contribution in [0.3, 0.4) is 0 Å². The number of hydrogen-bond acceptors (Lipinski definition) is 4. The van der Waals surface area contributed by atoms with E-state index < -0.39 is 0 Å². The number of anilines is 1. The van der Waals surface area contributed by atoms with Gasteiger partial charge in [-0.25, -0.2) is 4.98 Å². The summed E-state index contributed by atoms with van der Waals surface area (Å²) in [6.45, 7) is 4.36. The summed E-state index contributed by atoms with van der Waals surface area (Å²) in [6.07, 6.45) is 9.36. The molecule has 1 aromatic rings. The van der Waals surface area contributed by atoms with Crippen LogP contribution in [0.1, 0.15) is 32.6 Å². The lowest BCUT2D eigenvalue weighted by atomic mass is 10.3. The SMILES string of the molecule is COCC(C)Nc1nccn1CCOC1CCCC1. The summed E-state index contributed by atoms with van der Waals surface area (Å²) < 4.78 is 13.1. The van der Waals surface area contributed by atoms with Crippen LogP contribution in [0.25, 0.3) is 0 Å². The molecule has 5 nitrogen and oxygen atoms in total. The number of nitrogens with one attached hydrogen (secondary N) is 1. The lowest BCUT2D eigenvalue weighted by Gasteiger charge is -2.16. The van der Waals surface area contributed by atoms with E-state index in [0.717, 1.165) is 19.1 Å². The Kier molecular flexibility index (Phi) is 5.66. The molecule has 0 aromatic carbocycles. The normalized spacial score (nSPS) is 17.8. The Balaban J connectivity index is 1.75. The van der Waals surface area contributed by atoms with Gasteiger partial charge in [0, 0.05) is 32.1 Å². The molecule has 1 heterocycles. The van der Waals surface area contributed by atoms with Crippen molar-refractivity contribution in [2.75, 3.05) is 25.6 Å². The molecule has 2 rings (SSSR count). The summed E-state index contributed by atoms with van der Waals surface area (Å²) >= 11 is 0. The second kappa shape index (κ2) is 7.50. The van der Waals surface area contributed by atoms with Gasteiger partial charge in [-0.3, -0.25) is 0 Å². The van der Waals surface area contributed by atoms with Crippen LogP contribution in [0.2, 0.25) is 0 Å². The Morgan fingerprint density at radius 2 is 2.26 bits per heavy atom. The number of ether oxygens (including phenoxy) is 2. The average molecular weight is 267 g/mol. The molecule has 0 aliphatic heterocycles. The molecular weight excluding hydrogens is 242 g/mol. The van der Waals surface area contributed by atoms with Gasteiger partial charge >= 0.3 is 0 Å². The molecule has 0 spiro atoms. The third-order valence-electron chi connectivity index (χ3n) is 3.50. The lowest BCUT2D eigenvalue weighted by Crippen LogP contribution is -2.23. The molecule has 1 aromatic heterocycles. The first kappa shape index (κ1) is 14.3. The van der Waals surface area contributed by atoms with Crippen molar-refractivity contribution in [1.82, 2.24) is 9.55 Å². The highest BCUT2D eigenvalue weighted by Gasteiger charge is 2.15. The van der Waals surface area contributed by atoms with Crippen LogP contribution in [-0.2, 0) is 16.0 Å². The van der Waals surface area contributed by atoms with Gasteiger partial charge in [0.05, 0.1) is 19.3 Å². The van der Waals surface area contributed by atoms with Gasteiger partial charge in [-0.05, 0) is 19.8 Å². The largest absolute Gasteiger partial charge is 0.383 e. The van der Waals surface area contributed by atoms with E-state index in [2.05, 4.69) is 21.8 Å². The van der Waals surface area contributed by atoms with Crippen molar-refractivity contribution in [3.63, 3.8) is 0 Å². The number of aromatic nitrogens is 2. The predicted molar refractivity (Wildman–Crippen MR) is 75.4 cm³/mol. The van der Waals surface area contributed by atoms with Gasteiger partial charge < -0.3 is 19.4 Å². The summed E-state index contributed by atoms with van der Waals surface area (Å²) in [6, 6.07) is 0.252. The van der Waals surface area contributed by atoms with E-state index in [1.165, 1.54) is 25.7 Å². The maximum absolute atomic E-state index is 5.88. The van der Waals surface area contributed by atoms with Crippen molar-refractivity contribution in [3.05, 3.63) is 12.4 Å². The fraction of sp³-hybridized carbons (Fsp3) is 0.786. The van der Waals surface area contributed by atoms with Crippen molar-refractivity contribution < 1.29 is 9.47 Å². The number of methoxy groups -OCH3 is 1. The Hall–Kier alpha value is -1.07. The molecule has 1 N–H and O–H groups in total. The van der Waals surface area contributed by atoms with E-state index in [4.69, 9.17) is 9.47 Å². The van der Waals surface area contributed by atoms with Gasteiger partial charge in [-0.15, -0.1) is 0 Å². The van der Waals surface area contributed by atoms with E-state index in [1.54, 1.807) is 7.11 Å². The van der Waals surface area contributed by atoms with E-state index in [-0.39, 0.29) is 6.04 Å². The summed E-state index contributed by atoms with van der Waals surface area (Å²) in [5.41, 5.74) is 0. The second-order valence-electron chi connectivity index (χ2n) is 5.22. The molecule has 0 bridgehead atoms. The van der Waals surface area contributed by atoms with Crippen molar-refractivity contribution >= 4 is 5.95 Å². The smallest absolute Gasteiger partial charge is 0.203 e. The van der Waals surface area contributed by atoms with Crippen LogP contribution >= 0.6 is 0 Å². The highest BCUT2D eigenvalue weighted by molar-refractivity contribution is 5.27. The molecule has 108 valence electrons. The standard InChI is InChI=1S/C14H25N3O2/c1-12(11-18-2)16-14-15-7-8-17(14)9-10-19-13-5-3-4-6-13/h7-8,12-13H,3-6,9-11H2,1-2H3,(H,15,16). The van der Waals surface area contributed by atoms with E-state index >= 15 is 0 Å². The van der Waals surface area contributed by atoms with Gasteiger partial charge in [-0.2, -0.15) is 0 Å². The Morgan fingerprint density at radius 1 is 1.47 bits per heavy atom. The summed E-state index contributed by atoms with van der Waals surface area (Å²) in [7, 11) is 1.71. The summed E-state index contributed by atoms with van der Waals surface area (Å²) in [5, 5.41) is 3.34. The first-order valence-corrected chi connectivity index (χ1v) is 7.18.